The van der Waals surface area contributed by atoms with Crippen molar-refractivity contribution in [3.63, 3.8) is 0 Å². The lowest BCUT2D eigenvalue weighted by Crippen LogP contribution is -2.45. The van der Waals surface area contributed by atoms with E-state index in [2.05, 4.69) is 4.74 Å². The number of pyridine rings is 1. The van der Waals surface area contributed by atoms with Crippen molar-refractivity contribution in [3.8, 4) is 5.75 Å². The largest absolute Gasteiger partial charge is 0.511 e. The molecule has 32 heavy (non-hydrogen) atoms. The maximum Gasteiger partial charge on any atom is 0.511 e. The first-order chi connectivity index (χ1) is 15.2. The molecule has 1 aliphatic heterocycles. The number of fused-ring (bicyclic) bond motifs is 1. The summed E-state index contributed by atoms with van der Waals surface area (Å²) in [5.74, 6) is -4.34. The van der Waals surface area contributed by atoms with Crippen LogP contribution in [0, 0.1) is 11.6 Å². The van der Waals surface area contributed by atoms with Crippen molar-refractivity contribution in [1.82, 2.24) is 9.47 Å². The SMILES string of the molecule is CN1CCN(c2c(F)c(SCC(=O)O)c3c(=O)c(OC(=O)O)cn(C4CC4)c3c2F)CC1. The fourth-order valence-electron chi connectivity index (χ4n) is 3.85. The number of aromatic nitrogens is 1. The zero-order chi connectivity index (χ0) is 23.2. The minimum absolute atomic E-state index is 0.168. The third kappa shape index (κ3) is 4.11. The summed E-state index contributed by atoms with van der Waals surface area (Å²) in [7, 11) is 1.90. The highest BCUT2D eigenvalue weighted by Crippen LogP contribution is 2.43. The summed E-state index contributed by atoms with van der Waals surface area (Å²) in [6, 6.07) is -0.202. The number of piperazine rings is 1. The van der Waals surface area contributed by atoms with Crippen LogP contribution in [0.5, 0.6) is 5.75 Å². The van der Waals surface area contributed by atoms with Crippen molar-refractivity contribution in [2.75, 3.05) is 43.9 Å². The first kappa shape index (κ1) is 22.3. The topological polar surface area (TPSA) is 112 Å². The van der Waals surface area contributed by atoms with Crippen molar-refractivity contribution in [2.24, 2.45) is 0 Å². The molecule has 1 aromatic heterocycles. The molecule has 4 rings (SSSR count). The lowest BCUT2D eigenvalue weighted by atomic mass is 10.1. The van der Waals surface area contributed by atoms with Gasteiger partial charge in [-0.15, -0.1) is 11.8 Å². The molecular formula is C20H21F2N3O6S. The summed E-state index contributed by atoms with van der Waals surface area (Å²) in [5, 5.41) is 17.7. The average Bonchev–Trinajstić information content (AvgIpc) is 3.56. The van der Waals surface area contributed by atoms with Gasteiger partial charge in [-0.05, 0) is 19.9 Å². The molecule has 172 valence electrons. The molecule has 0 amide bonds. The van der Waals surface area contributed by atoms with Crippen molar-refractivity contribution in [1.29, 1.82) is 0 Å². The van der Waals surface area contributed by atoms with Crippen LogP contribution in [0.1, 0.15) is 18.9 Å². The molecule has 2 N–H and O–H groups in total. The van der Waals surface area contributed by atoms with Crippen LogP contribution in [0.25, 0.3) is 10.9 Å². The van der Waals surface area contributed by atoms with Gasteiger partial charge in [-0.3, -0.25) is 9.59 Å². The van der Waals surface area contributed by atoms with Gasteiger partial charge in [0, 0.05) is 32.2 Å². The van der Waals surface area contributed by atoms with E-state index in [9.17, 15) is 14.4 Å². The minimum Gasteiger partial charge on any atom is -0.481 e. The van der Waals surface area contributed by atoms with Gasteiger partial charge in [0.05, 0.1) is 27.7 Å². The van der Waals surface area contributed by atoms with Crippen molar-refractivity contribution >= 4 is 40.5 Å². The molecule has 0 bridgehead atoms. The number of ether oxygens (including phenoxy) is 1. The number of rotatable bonds is 6. The Hall–Kier alpha value is -2.86. The van der Waals surface area contributed by atoms with E-state index >= 15 is 8.78 Å². The molecule has 2 fully saturated rings. The molecule has 12 heteroatoms. The second-order valence-corrected chi connectivity index (χ2v) is 8.82. The lowest BCUT2D eigenvalue weighted by Gasteiger charge is -2.35. The second-order valence-electron chi connectivity index (χ2n) is 7.83. The van der Waals surface area contributed by atoms with Gasteiger partial charge in [-0.1, -0.05) is 0 Å². The molecule has 1 aromatic carbocycles. The van der Waals surface area contributed by atoms with E-state index in [1.807, 2.05) is 11.9 Å². The van der Waals surface area contributed by atoms with Gasteiger partial charge in [0.2, 0.25) is 5.43 Å². The number of halogens is 2. The summed E-state index contributed by atoms with van der Waals surface area (Å²) in [5.41, 5.74) is -1.48. The second kappa shape index (κ2) is 8.58. The molecule has 0 unspecified atom stereocenters. The normalized spacial score (nSPS) is 17.0. The van der Waals surface area contributed by atoms with Crippen LogP contribution in [0.15, 0.2) is 15.9 Å². The summed E-state index contributed by atoms with van der Waals surface area (Å²) in [6.45, 7) is 1.87. The van der Waals surface area contributed by atoms with Gasteiger partial charge in [0.25, 0.3) is 0 Å². The highest BCUT2D eigenvalue weighted by atomic mass is 32.2. The lowest BCUT2D eigenvalue weighted by molar-refractivity contribution is -0.133. The molecule has 2 aliphatic rings. The van der Waals surface area contributed by atoms with E-state index in [0.29, 0.717) is 50.8 Å². The van der Waals surface area contributed by atoms with Gasteiger partial charge < -0.3 is 29.3 Å². The number of anilines is 1. The van der Waals surface area contributed by atoms with E-state index in [-0.39, 0.29) is 22.1 Å². The minimum atomic E-state index is -1.74. The van der Waals surface area contributed by atoms with Gasteiger partial charge in [-0.25, -0.2) is 13.6 Å². The van der Waals surface area contributed by atoms with Crippen LogP contribution in [-0.2, 0) is 4.79 Å². The van der Waals surface area contributed by atoms with Crippen molar-refractivity contribution < 1.29 is 33.3 Å². The number of thioether (sulfide) groups is 1. The van der Waals surface area contributed by atoms with E-state index in [4.69, 9.17) is 10.2 Å². The summed E-state index contributed by atoms with van der Waals surface area (Å²) >= 11 is 0.560. The number of hydrogen-bond donors (Lipinski definition) is 2. The number of aliphatic carboxylic acids is 1. The Morgan fingerprint density at radius 3 is 2.38 bits per heavy atom. The number of hydrogen-bond acceptors (Lipinski definition) is 7. The highest BCUT2D eigenvalue weighted by Gasteiger charge is 2.34. The summed E-state index contributed by atoms with van der Waals surface area (Å²) in [6.07, 6.45) is 0.737. The van der Waals surface area contributed by atoms with E-state index in [1.165, 1.54) is 4.57 Å². The molecule has 1 saturated carbocycles. The van der Waals surface area contributed by atoms with Gasteiger partial charge >= 0.3 is 12.1 Å². The third-order valence-electron chi connectivity index (χ3n) is 5.55. The predicted octanol–water partition coefficient (Wildman–Crippen LogP) is 2.60. The zero-order valence-electron chi connectivity index (χ0n) is 17.1. The van der Waals surface area contributed by atoms with Crippen LogP contribution in [0.4, 0.5) is 19.3 Å². The van der Waals surface area contributed by atoms with Crippen LogP contribution >= 0.6 is 11.8 Å². The van der Waals surface area contributed by atoms with Gasteiger partial charge in [0.15, 0.2) is 17.4 Å². The van der Waals surface area contributed by atoms with Crippen LogP contribution in [-0.4, -0.2) is 70.8 Å². The van der Waals surface area contributed by atoms with Crippen molar-refractivity contribution in [2.45, 2.75) is 23.8 Å². The smallest absolute Gasteiger partial charge is 0.481 e. The molecule has 0 radical (unpaired) electrons. The number of likely N-dealkylation sites (N-methyl/N-ethyl adjacent to an activating group) is 1. The standard InChI is InChI=1S/C20H21F2N3O6S/c1-23-4-6-24(7-5-23)17-14(21)16-13(19(15(17)22)32-9-12(26)27)18(28)11(31-20(29)30)8-25(16)10-2-3-10/h8,10H,2-7,9H2,1H3,(H,26,27)(H,29,30). The maximum absolute atomic E-state index is 15.9. The molecular weight excluding hydrogens is 448 g/mol. The maximum atomic E-state index is 15.9. The van der Waals surface area contributed by atoms with Crippen LogP contribution < -0.4 is 15.1 Å². The van der Waals surface area contributed by atoms with E-state index in [0.717, 1.165) is 6.20 Å². The molecule has 1 saturated heterocycles. The number of benzene rings is 1. The molecule has 0 spiro atoms. The van der Waals surface area contributed by atoms with Gasteiger partial charge in [-0.2, -0.15) is 0 Å². The third-order valence-corrected chi connectivity index (χ3v) is 6.61. The fraction of sp³-hybridized carbons (Fsp3) is 0.450. The first-order valence-electron chi connectivity index (χ1n) is 9.97. The fourth-order valence-corrected chi connectivity index (χ4v) is 4.68. The first-order valence-corrected chi connectivity index (χ1v) is 11.0. The molecule has 1 aliphatic carbocycles. The Bertz CT molecular complexity index is 1160. The van der Waals surface area contributed by atoms with Crippen LogP contribution in [0.2, 0.25) is 0 Å². The zero-order valence-corrected chi connectivity index (χ0v) is 18.0. The van der Waals surface area contributed by atoms with Crippen LogP contribution in [0.3, 0.4) is 0 Å². The Kier molecular flexibility index (Phi) is 5.99. The molecule has 2 aromatic rings. The average molecular weight is 469 g/mol. The number of carboxylic acids is 1. The number of nitrogens with zero attached hydrogens (tertiary/aromatic N) is 3. The van der Waals surface area contributed by atoms with E-state index < -0.39 is 46.1 Å². The Morgan fingerprint density at radius 2 is 1.81 bits per heavy atom. The quantitative estimate of drug-likeness (QED) is 0.487. The highest BCUT2D eigenvalue weighted by molar-refractivity contribution is 8.00. The van der Waals surface area contributed by atoms with Gasteiger partial charge in [0.1, 0.15) is 5.69 Å². The Labute approximate surface area is 185 Å². The molecule has 0 atom stereocenters. The predicted molar refractivity (Wildman–Crippen MR) is 113 cm³/mol. The number of carboxylic acid groups (broad SMARTS) is 2. The monoisotopic (exact) mass is 469 g/mol. The number of carbonyl (C=O) groups is 2. The molecule has 9 nitrogen and oxygen atoms in total. The summed E-state index contributed by atoms with van der Waals surface area (Å²) < 4.78 is 37.6. The molecule has 2 heterocycles. The Balaban J connectivity index is 2.02. The van der Waals surface area contributed by atoms with E-state index in [1.54, 1.807) is 4.90 Å². The Morgan fingerprint density at radius 1 is 1.16 bits per heavy atom. The summed E-state index contributed by atoms with van der Waals surface area (Å²) in [4.78, 5) is 38.5. The van der Waals surface area contributed by atoms with Crippen molar-refractivity contribution in [3.05, 3.63) is 28.1 Å².